The monoisotopic (exact) mass is 680 g/mol. The SMILES string of the molecule is CC[C@H](C)[C@H](N)C(=O)N[C@@H](C)C(=O)N[C@@H](Cc1c[nH]c2ccccc12)C(=O)N[C@@H](Cc1ccc(O)cc1)C(=O)N[C@@H](CCC(=O)O)C(=O)O. The van der Waals surface area contributed by atoms with Gasteiger partial charge in [0.25, 0.3) is 0 Å². The number of fused-ring (bicyclic) bond motifs is 1. The summed E-state index contributed by atoms with van der Waals surface area (Å²) in [6, 6.07) is 6.96. The highest BCUT2D eigenvalue weighted by molar-refractivity contribution is 5.96. The number of carbonyl (C=O) groups excluding carboxylic acids is 4. The molecule has 0 aliphatic heterocycles. The molecule has 0 saturated heterocycles. The van der Waals surface area contributed by atoms with Crippen LogP contribution < -0.4 is 27.0 Å². The molecule has 4 amide bonds. The second kappa shape index (κ2) is 17.6. The number of H-pyrrole nitrogens is 1. The number of aliphatic carboxylic acids is 2. The van der Waals surface area contributed by atoms with Crippen LogP contribution in [-0.2, 0) is 41.6 Å². The fraction of sp³-hybridized carbons (Fsp3) is 0.412. The van der Waals surface area contributed by atoms with Crippen molar-refractivity contribution in [3.05, 3.63) is 65.9 Å². The molecule has 1 heterocycles. The Labute approximate surface area is 283 Å². The van der Waals surface area contributed by atoms with Crippen LogP contribution in [0.2, 0.25) is 0 Å². The van der Waals surface area contributed by atoms with Crippen LogP contribution in [0.15, 0.2) is 54.7 Å². The largest absolute Gasteiger partial charge is 0.508 e. The van der Waals surface area contributed by atoms with Crippen LogP contribution in [0, 0.1) is 5.92 Å². The molecule has 0 fully saturated rings. The second-order valence-electron chi connectivity index (χ2n) is 12.0. The number of aromatic hydroxyl groups is 1. The van der Waals surface area contributed by atoms with E-state index in [0.29, 0.717) is 17.5 Å². The number of nitrogens with one attached hydrogen (secondary N) is 5. The Hall–Kier alpha value is -5.44. The first-order valence-electron chi connectivity index (χ1n) is 15.9. The molecule has 15 nitrogen and oxygen atoms in total. The van der Waals surface area contributed by atoms with Crippen molar-refractivity contribution in [3.8, 4) is 5.75 Å². The number of aromatic nitrogens is 1. The van der Waals surface area contributed by atoms with Crippen molar-refractivity contribution in [2.45, 2.75) is 83.1 Å². The summed E-state index contributed by atoms with van der Waals surface area (Å²) >= 11 is 0. The van der Waals surface area contributed by atoms with Crippen molar-refractivity contribution >= 4 is 46.5 Å². The highest BCUT2D eigenvalue weighted by atomic mass is 16.4. The zero-order valence-corrected chi connectivity index (χ0v) is 27.6. The molecule has 0 radical (unpaired) electrons. The molecule has 0 spiro atoms. The number of para-hydroxylation sites is 1. The van der Waals surface area contributed by atoms with Gasteiger partial charge in [-0.05, 0) is 48.6 Å². The minimum Gasteiger partial charge on any atom is -0.508 e. The van der Waals surface area contributed by atoms with E-state index in [-0.39, 0.29) is 24.5 Å². The van der Waals surface area contributed by atoms with Gasteiger partial charge in [0.05, 0.1) is 6.04 Å². The van der Waals surface area contributed by atoms with Crippen LogP contribution in [0.5, 0.6) is 5.75 Å². The van der Waals surface area contributed by atoms with Gasteiger partial charge in [0.1, 0.15) is 29.9 Å². The van der Waals surface area contributed by atoms with Crippen LogP contribution in [0.1, 0.15) is 51.2 Å². The third-order valence-corrected chi connectivity index (χ3v) is 8.31. The molecule has 3 rings (SSSR count). The maximum Gasteiger partial charge on any atom is 0.326 e. The van der Waals surface area contributed by atoms with E-state index in [9.17, 15) is 39.0 Å². The first-order chi connectivity index (χ1) is 23.2. The van der Waals surface area contributed by atoms with Crippen LogP contribution in [0.4, 0.5) is 0 Å². The molecule has 1 aromatic heterocycles. The van der Waals surface area contributed by atoms with Crippen LogP contribution >= 0.6 is 0 Å². The van der Waals surface area contributed by atoms with Gasteiger partial charge in [-0.25, -0.2) is 4.79 Å². The number of amides is 4. The average molecular weight is 681 g/mol. The number of carboxylic acids is 2. The van der Waals surface area contributed by atoms with Crippen LogP contribution in [-0.4, -0.2) is 86.1 Å². The lowest BCUT2D eigenvalue weighted by Crippen LogP contribution is -2.59. The molecule has 10 N–H and O–H groups in total. The molecule has 0 aliphatic carbocycles. The van der Waals surface area contributed by atoms with Gasteiger partial charge >= 0.3 is 11.9 Å². The Morgan fingerprint density at radius 3 is 1.98 bits per heavy atom. The van der Waals surface area contributed by atoms with Crippen LogP contribution in [0.25, 0.3) is 10.9 Å². The van der Waals surface area contributed by atoms with E-state index < -0.39 is 78.6 Å². The maximum atomic E-state index is 14.0. The van der Waals surface area contributed by atoms with Crippen molar-refractivity contribution in [1.29, 1.82) is 0 Å². The molecule has 0 saturated carbocycles. The van der Waals surface area contributed by atoms with Gasteiger partial charge in [-0.2, -0.15) is 0 Å². The molecule has 6 atom stereocenters. The van der Waals surface area contributed by atoms with Gasteiger partial charge in [0.2, 0.25) is 23.6 Å². The summed E-state index contributed by atoms with van der Waals surface area (Å²) in [5.41, 5.74) is 7.98. The molecule has 3 aromatic rings. The predicted octanol–water partition coefficient (Wildman–Crippen LogP) is 0.941. The van der Waals surface area contributed by atoms with Gasteiger partial charge in [0, 0.05) is 36.4 Å². The Bertz CT molecular complexity index is 1640. The number of hydrogen-bond acceptors (Lipinski definition) is 8. The Morgan fingerprint density at radius 1 is 0.776 bits per heavy atom. The fourth-order valence-electron chi connectivity index (χ4n) is 5.06. The minimum absolute atomic E-state index is 0.0292. The summed E-state index contributed by atoms with van der Waals surface area (Å²) in [6.45, 7) is 5.14. The third kappa shape index (κ3) is 11.1. The number of benzene rings is 2. The Balaban J connectivity index is 1.90. The van der Waals surface area contributed by atoms with E-state index in [1.54, 1.807) is 6.20 Å². The number of hydrogen-bond donors (Lipinski definition) is 9. The summed E-state index contributed by atoms with van der Waals surface area (Å²) in [5.74, 6) is -5.81. The van der Waals surface area contributed by atoms with E-state index in [1.807, 2.05) is 38.1 Å². The Morgan fingerprint density at radius 2 is 1.37 bits per heavy atom. The molecule has 2 aromatic carbocycles. The van der Waals surface area contributed by atoms with E-state index >= 15 is 0 Å². The normalized spacial score (nSPS) is 14.8. The predicted molar refractivity (Wildman–Crippen MR) is 179 cm³/mol. The second-order valence-corrected chi connectivity index (χ2v) is 12.0. The number of phenolic OH excluding ortho intramolecular Hbond substituents is 1. The van der Waals surface area contributed by atoms with Crippen molar-refractivity contribution in [1.82, 2.24) is 26.3 Å². The molecule has 0 aliphatic rings. The summed E-state index contributed by atoms with van der Waals surface area (Å²) in [6.07, 6.45) is 1.23. The zero-order valence-electron chi connectivity index (χ0n) is 27.6. The molecule has 0 bridgehead atoms. The molecule has 15 heteroatoms. The molecule has 264 valence electrons. The highest BCUT2D eigenvalue weighted by Crippen LogP contribution is 2.20. The van der Waals surface area contributed by atoms with E-state index in [4.69, 9.17) is 10.8 Å². The number of aromatic amines is 1. The van der Waals surface area contributed by atoms with Crippen LogP contribution in [0.3, 0.4) is 0 Å². The fourth-order valence-corrected chi connectivity index (χ4v) is 5.06. The summed E-state index contributed by atoms with van der Waals surface area (Å²) in [5, 5.41) is 39.3. The van der Waals surface area contributed by atoms with Gasteiger partial charge in [-0.15, -0.1) is 0 Å². The number of nitrogens with two attached hydrogens (primary N) is 1. The molecular formula is C34H44N6O9. The zero-order chi connectivity index (χ0) is 36.2. The number of phenols is 1. The molecular weight excluding hydrogens is 636 g/mol. The lowest BCUT2D eigenvalue weighted by Gasteiger charge is -2.26. The van der Waals surface area contributed by atoms with Gasteiger partial charge in [-0.1, -0.05) is 50.6 Å². The first-order valence-corrected chi connectivity index (χ1v) is 15.9. The standard InChI is InChI=1S/C34H44N6O9/c1-4-18(2)29(35)33(47)37-19(3)30(44)39-27(16-21-17-36-24-8-6-5-7-23(21)24)32(46)40-26(15-20-9-11-22(41)12-10-20)31(45)38-25(34(48)49)13-14-28(42)43/h5-12,17-19,25-27,29,36,41H,4,13-16,35H2,1-3H3,(H,37,47)(H,38,45)(H,39,44)(H,40,46)(H,42,43)(H,48,49)/t18-,19-,25-,26-,27-,29-/m0/s1. The minimum atomic E-state index is -1.56. The van der Waals surface area contributed by atoms with Crippen molar-refractivity contribution in [3.63, 3.8) is 0 Å². The number of carboxylic acid groups (broad SMARTS) is 2. The van der Waals surface area contributed by atoms with Crippen molar-refractivity contribution < 1.29 is 44.1 Å². The quantitative estimate of drug-likeness (QED) is 0.0919. The topological polar surface area (TPSA) is 253 Å². The lowest BCUT2D eigenvalue weighted by atomic mass is 9.99. The summed E-state index contributed by atoms with van der Waals surface area (Å²) in [4.78, 5) is 79.5. The highest BCUT2D eigenvalue weighted by Gasteiger charge is 2.32. The number of rotatable bonds is 18. The molecule has 49 heavy (non-hydrogen) atoms. The van der Waals surface area contributed by atoms with Crippen molar-refractivity contribution in [2.24, 2.45) is 11.7 Å². The first kappa shape index (κ1) is 38.0. The van der Waals surface area contributed by atoms with Gasteiger partial charge in [-0.3, -0.25) is 24.0 Å². The molecule has 0 unspecified atom stereocenters. The smallest absolute Gasteiger partial charge is 0.326 e. The summed E-state index contributed by atoms with van der Waals surface area (Å²) < 4.78 is 0. The van der Waals surface area contributed by atoms with Crippen molar-refractivity contribution in [2.75, 3.05) is 0 Å². The average Bonchev–Trinajstić information content (AvgIpc) is 3.48. The van der Waals surface area contributed by atoms with E-state index in [1.165, 1.54) is 31.2 Å². The lowest BCUT2D eigenvalue weighted by molar-refractivity contribution is -0.143. The third-order valence-electron chi connectivity index (χ3n) is 8.31. The number of carbonyl (C=O) groups is 6. The Kier molecular flexibility index (Phi) is 13.7. The van der Waals surface area contributed by atoms with E-state index in [0.717, 1.165) is 10.9 Å². The summed E-state index contributed by atoms with van der Waals surface area (Å²) in [7, 11) is 0. The van der Waals surface area contributed by atoms with Gasteiger partial charge < -0.3 is 47.3 Å². The maximum absolute atomic E-state index is 14.0. The van der Waals surface area contributed by atoms with Gasteiger partial charge in [0.15, 0.2) is 0 Å². The van der Waals surface area contributed by atoms with E-state index in [2.05, 4.69) is 26.3 Å².